The molecule has 1 atom stereocenters. The molecule has 1 fully saturated rings. The van der Waals surface area contributed by atoms with Crippen molar-refractivity contribution in [2.45, 2.75) is 57.9 Å². The standard InChI is InChI=1S/C23H29ClN3O2P/c1-3-5-6-21-22(23(24)25-4-2)26-16-27(21)20-13-11-19(12-14-20)18-9-7-17(8-10-18)15-30(28)29/h4,11-14,16-18,21,28-29H,3,7-10,15H2,1-2H3/b23-22+,25-4-. The van der Waals surface area contributed by atoms with Crippen LogP contribution in [-0.2, 0) is 0 Å². The summed E-state index contributed by atoms with van der Waals surface area (Å²) in [5.41, 5.74) is 3.03. The smallest absolute Gasteiger partial charge is 0.165 e. The monoisotopic (exact) mass is 445 g/mol. The van der Waals surface area contributed by atoms with E-state index in [0.29, 0.717) is 28.9 Å². The third-order valence-electron chi connectivity index (χ3n) is 5.66. The molecule has 0 amide bonds. The van der Waals surface area contributed by atoms with Crippen molar-refractivity contribution in [1.82, 2.24) is 0 Å². The minimum Gasteiger partial charge on any atom is -0.350 e. The molecule has 0 radical (unpaired) electrons. The fraction of sp³-hybridized carbons (Fsp3) is 0.478. The van der Waals surface area contributed by atoms with Crippen molar-refractivity contribution in [1.29, 1.82) is 0 Å². The molecular formula is C23H29ClN3O2P. The number of benzene rings is 1. The van der Waals surface area contributed by atoms with Gasteiger partial charge in [0, 0.05) is 24.5 Å². The Hall–Kier alpha value is -1.70. The van der Waals surface area contributed by atoms with Crippen LogP contribution in [0.25, 0.3) is 0 Å². The molecule has 1 aliphatic carbocycles. The molecule has 1 aliphatic heterocycles. The van der Waals surface area contributed by atoms with E-state index in [4.69, 9.17) is 11.6 Å². The van der Waals surface area contributed by atoms with Gasteiger partial charge in [-0.3, -0.25) is 0 Å². The van der Waals surface area contributed by atoms with Crippen molar-refractivity contribution in [3.05, 3.63) is 40.7 Å². The number of halogens is 1. The van der Waals surface area contributed by atoms with Gasteiger partial charge in [-0.15, -0.1) is 5.92 Å². The van der Waals surface area contributed by atoms with Crippen LogP contribution in [0.2, 0.25) is 0 Å². The lowest BCUT2D eigenvalue weighted by atomic mass is 9.79. The fourth-order valence-corrected chi connectivity index (χ4v) is 5.20. The number of hydrogen-bond donors (Lipinski definition) is 2. The van der Waals surface area contributed by atoms with Crippen LogP contribution in [0.4, 0.5) is 5.69 Å². The highest BCUT2D eigenvalue weighted by molar-refractivity contribution is 7.45. The largest absolute Gasteiger partial charge is 0.350 e. The number of rotatable bonds is 5. The molecule has 160 valence electrons. The van der Waals surface area contributed by atoms with Crippen LogP contribution in [0.1, 0.15) is 57.4 Å². The Bertz CT molecular complexity index is 863. The molecule has 5 nitrogen and oxygen atoms in total. The lowest BCUT2D eigenvalue weighted by Crippen LogP contribution is -2.29. The third-order valence-corrected chi connectivity index (χ3v) is 6.79. The zero-order chi connectivity index (χ0) is 21.5. The Kier molecular flexibility index (Phi) is 8.48. The first-order valence-electron chi connectivity index (χ1n) is 10.5. The van der Waals surface area contributed by atoms with Crippen LogP contribution in [0.5, 0.6) is 0 Å². The van der Waals surface area contributed by atoms with E-state index in [1.165, 1.54) is 5.56 Å². The summed E-state index contributed by atoms with van der Waals surface area (Å²) >= 11 is 6.33. The van der Waals surface area contributed by atoms with Gasteiger partial charge in [-0.05, 0) is 62.1 Å². The molecule has 1 saturated carbocycles. The van der Waals surface area contributed by atoms with Crippen molar-refractivity contribution >= 4 is 38.2 Å². The molecule has 2 aliphatic rings. The number of aliphatic imine (C=N–C) groups is 2. The van der Waals surface area contributed by atoms with Gasteiger partial charge in [-0.1, -0.05) is 36.6 Å². The Balaban J connectivity index is 1.72. The van der Waals surface area contributed by atoms with Crippen molar-refractivity contribution in [3.8, 4) is 11.8 Å². The summed E-state index contributed by atoms with van der Waals surface area (Å²) in [5.74, 6) is 7.39. The van der Waals surface area contributed by atoms with Crippen molar-refractivity contribution in [2.75, 3.05) is 11.1 Å². The second kappa shape index (κ2) is 11.1. The van der Waals surface area contributed by atoms with Crippen LogP contribution >= 0.6 is 20.0 Å². The Morgan fingerprint density at radius 1 is 1.27 bits per heavy atom. The maximum absolute atomic E-state index is 9.26. The molecule has 2 N–H and O–H groups in total. The maximum atomic E-state index is 9.26. The average molecular weight is 446 g/mol. The van der Waals surface area contributed by atoms with Gasteiger partial charge in [0.05, 0.1) is 6.34 Å². The van der Waals surface area contributed by atoms with Crippen LogP contribution in [0, 0.1) is 17.8 Å². The zero-order valence-electron chi connectivity index (χ0n) is 17.5. The molecule has 0 bridgehead atoms. The second-order valence-corrected chi connectivity index (χ2v) is 9.12. The quantitative estimate of drug-likeness (QED) is 0.276. The van der Waals surface area contributed by atoms with E-state index in [1.807, 2.05) is 18.7 Å². The van der Waals surface area contributed by atoms with E-state index in [9.17, 15) is 9.79 Å². The van der Waals surface area contributed by atoms with E-state index in [-0.39, 0.29) is 6.04 Å². The molecule has 3 rings (SSSR count). The van der Waals surface area contributed by atoms with Crippen molar-refractivity contribution < 1.29 is 9.79 Å². The molecule has 1 aromatic carbocycles. The van der Waals surface area contributed by atoms with Gasteiger partial charge in [-0.25, -0.2) is 9.98 Å². The highest BCUT2D eigenvalue weighted by Crippen LogP contribution is 2.40. The third kappa shape index (κ3) is 5.71. The zero-order valence-corrected chi connectivity index (χ0v) is 19.2. The molecule has 7 heteroatoms. The lowest BCUT2D eigenvalue weighted by Gasteiger charge is -2.29. The predicted octanol–water partition coefficient (Wildman–Crippen LogP) is 5.39. The first-order chi connectivity index (χ1) is 14.5. The SMILES string of the molecule is C/C=N\C(Cl)=C1\N=CN(c2ccc(C3CCC(CP(O)O)CC3)cc2)C1C#CCC. The average Bonchev–Trinajstić information content (AvgIpc) is 3.16. The number of hydrogen-bond acceptors (Lipinski definition) is 5. The molecule has 1 heterocycles. The minimum absolute atomic E-state index is 0.241. The van der Waals surface area contributed by atoms with Crippen LogP contribution in [-0.4, -0.2) is 34.5 Å². The summed E-state index contributed by atoms with van der Waals surface area (Å²) < 4.78 is 0. The van der Waals surface area contributed by atoms with Gasteiger partial charge in [0.1, 0.15) is 11.7 Å². The van der Waals surface area contributed by atoms with E-state index in [1.54, 1.807) is 12.6 Å². The molecular weight excluding hydrogens is 417 g/mol. The Morgan fingerprint density at radius 3 is 2.57 bits per heavy atom. The number of anilines is 1. The Labute approximate surface area is 185 Å². The molecule has 30 heavy (non-hydrogen) atoms. The lowest BCUT2D eigenvalue weighted by molar-refractivity contribution is 0.340. The van der Waals surface area contributed by atoms with Crippen molar-refractivity contribution in [2.24, 2.45) is 15.9 Å². The summed E-state index contributed by atoms with van der Waals surface area (Å²) in [7, 11) is -1.77. The molecule has 1 unspecified atom stereocenters. The Morgan fingerprint density at radius 2 is 1.97 bits per heavy atom. The normalized spacial score (nSPS) is 25.7. The van der Waals surface area contributed by atoms with Crippen LogP contribution in [0.3, 0.4) is 0 Å². The second-order valence-electron chi connectivity index (χ2n) is 7.66. The van der Waals surface area contributed by atoms with E-state index in [0.717, 1.165) is 37.8 Å². The van der Waals surface area contributed by atoms with Crippen molar-refractivity contribution in [3.63, 3.8) is 0 Å². The van der Waals surface area contributed by atoms with Gasteiger partial charge >= 0.3 is 0 Å². The molecule has 0 saturated heterocycles. The summed E-state index contributed by atoms with van der Waals surface area (Å²) in [6.45, 7) is 3.85. The van der Waals surface area contributed by atoms with Gasteiger partial charge in [0.15, 0.2) is 13.5 Å². The van der Waals surface area contributed by atoms with Gasteiger partial charge in [-0.2, -0.15) is 0 Å². The molecule has 0 spiro atoms. The minimum atomic E-state index is -1.77. The van der Waals surface area contributed by atoms with Gasteiger partial charge in [0.2, 0.25) is 0 Å². The summed E-state index contributed by atoms with van der Waals surface area (Å²) in [6.07, 6.45) is 9.07. The van der Waals surface area contributed by atoms with Gasteiger partial charge in [0.25, 0.3) is 0 Å². The first kappa shape index (κ1) is 23.0. The number of nitrogens with zero attached hydrogens (tertiary/aromatic N) is 3. The molecule has 1 aromatic rings. The molecule has 0 aromatic heterocycles. The summed E-state index contributed by atoms with van der Waals surface area (Å²) in [4.78, 5) is 29.2. The van der Waals surface area contributed by atoms with Gasteiger partial charge < -0.3 is 14.7 Å². The van der Waals surface area contributed by atoms with E-state index in [2.05, 4.69) is 46.1 Å². The van der Waals surface area contributed by atoms with E-state index >= 15 is 0 Å². The van der Waals surface area contributed by atoms with Crippen LogP contribution in [0.15, 0.2) is 45.1 Å². The highest BCUT2D eigenvalue weighted by atomic mass is 35.5. The highest BCUT2D eigenvalue weighted by Gasteiger charge is 2.28. The summed E-state index contributed by atoms with van der Waals surface area (Å²) in [6, 6.07) is 8.38. The fourth-order valence-electron chi connectivity index (χ4n) is 4.12. The maximum Gasteiger partial charge on any atom is 0.165 e. The predicted molar refractivity (Wildman–Crippen MR) is 127 cm³/mol. The van der Waals surface area contributed by atoms with E-state index < -0.39 is 8.38 Å². The first-order valence-corrected chi connectivity index (χ1v) is 12.3. The van der Waals surface area contributed by atoms with Crippen LogP contribution < -0.4 is 4.90 Å². The topological polar surface area (TPSA) is 68.4 Å². The summed E-state index contributed by atoms with van der Waals surface area (Å²) in [5, 5.41) is 0.370.